The minimum atomic E-state index is -4.74. The maximum Gasteiger partial charge on any atom is 0.421 e. The quantitative estimate of drug-likeness (QED) is 0.147. The van der Waals surface area contributed by atoms with Crippen molar-refractivity contribution in [3.8, 4) is 40.2 Å². The smallest absolute Gasteiger partial charge is 0.421 e. The molecule has 2 fully saturated rings. The van der Waals surface area contributed by atoms with Crippen LogP contribution in [0.1, 0.15) is 66.0 Å². The molecular formula is C38H40ClF3N6O5. The molecular weight excluding hydrogens is 713 g/mol. The maximum absolute atomic E-state index is 14.4. The second-order valence-corrected chi connectivity index (χ2v) is 13.7. The van der Waals surface area contributed by atoms with E-state index < -0.39 is 23.7 Å². The first-order valence-corrected chi connectivity index (χ1v) is 18.0. The molecule has 5 heterocycles. The van der Waals surface area contributed by atoms with Gasteiger partial charge in [0.15, 0.2) is 0 Å². The van der Waals surface area contributed by atoms with Crippen molar-refractivity contribution in [1.29, 1.82) is 0 Å². The van der Waals surface area contributed by atoms with Crippen LogP contribution in [0.5, 0.6) is 17.6 Å². The lowest BCUT2D eigenvalue weighted by Gasteiger charge is -2.23. The fraction of sp³-hybridized carbons (Fsp3) is 0.421. The average Bonchev–Trinajstić information content (AvgIpc) is 3.78. The fourth-order valence-corrected chi connectivity index (χ4v) is 7.41. The van der Waals surface area contributed by atoms with Crippen LogP contribution in [0.3, 0.4) is 0 Å². The second-order valence-electron chi connectivity index (χ2n) is 13.2. The normalized spacial score (nSPS) is 18.9. The SMILES string of the molecule is COc1nc(O[C@H]2CCc3c(-c4cc(-c5nc(OC)c(CNC6CCOCC6)cc5Cl)ccn4)cccc32)c(C(F)(F)F)cc1CN[C@@H]1CCC(=O)N1. The molecule has 53 heavy (non-hydrogen) atoms. The highest BCUT2D eigenvalue weighted by atomic mass is 35.5. The molecule has 0 bridgehead atoms. The third-order valence-electron chi connectivity index (χ3n) is 9.85. The molecule has 2 aliphatic heterocycles. The highest BCUT2D eigenvalue weighted by molar-refractivity contribution is 6.33. The summed E-state index contributed by atoms with van der Waals surface area (Å²) in [6, 6.07) is 12.6. The lowest BCUT2D eigenvalue weighted by molar-refractivity contribution is -0.139. The second kappa shape index (κ2) is 15.8. The Morgan fingerprint density at radius 2 is 1.68 bits per heavy atom. The zero-order valence-electron chi connectivity index (χ0n) is 29.3. The minimum Gasteiger partial charge on any atom is -0.481 e. The molecule has 15 heteroatoms. The average molecular weight is 753 g/mol. The predicted octanol–water partition coefficient (Wildman–Crippen LogP) is 6.56. The Bertz CT molecular complexity index is 1980. The Morgan fingerprint density at radius 1 is 0.925 bits per heavy atom. The molecule has 280 valence electrons. The Kier molecular flexibility index (Phi) is 11.0. The van der Waals surface area contributed by atoms with Gasteiger partial charge in [-0.25, -0.2) is 4.98 Å². The summed E-state index contributed by atoms with van der Waals surface area (Å²) >= 11 is 6.81. The Hall–Kier alpha value is -4.50. The van der Waals surface area contributed by atoms with Gasteiger partial charge in [-0.3, -0.25) is 15.1 Å². The van der Waals surface area contributed by atoms with Crippen LogP contribution in [-0.4, -0.2) is 60.5 Å². The molecule has 1 aromatic carbocycles. The van der Waals surface area contributed by atoms with Gasteiger partial charge < -0.3 is 29.6 Å². The number of nitrogens with one attached hydrogen (secondary N) is 3. The number of alkyl halides is 3. The monoisotopic (exact) mass is 752 g/mol. The van der Waals surface area contributed by atoms with E-state index in [1.54, 1.807) is 13.3 Å². The van der Waals surface area contributed by atoms with Crippen molar-refractivity contribution >= 4 is 17.5 Å². The largest absolute Gasteiger partial charge is 0.481 e. The van der Waals surface area contributed by atoms with Crippen LogP contribution in [-0.2, 0) is 35.2 Å². The van der Waals surface area contributed by atoms with E-state index in [-0.39, 0.29) is 30.1 Å². The highest BCUT2D eigenvalue weighted by Gasteiger charge is 2.39. The standard InChI is InChI=1S/C38H40ClF3N6O5/c1-50-35-23(19-44-24-11-14-52-15-12-24)17-29(39)34(47-35)21-10-13-43-30(18-21)26-4-3-5-27-25(26)6-7-31(27)53-37-28(38(40,41)42)16-22(36(48-37)51-2)20-45-32-8-9-33(49)46-32/h3-5,10,13,16-18,24,31-32,44-45H,6-9,11-12,14-15,19-20H2,1-2H3,(H,46,49)/t31-,32-/m0/s1. The first-order valence-electron chi connectivity index (χ1n) is 17.6. The Labute approximate surface area is 310 Å². The van der Waals surface area contributed by atoms with Crippen LogP contribution in [0.15, 0.2) is 48.7 Å². The molecule has 11 nitrogen and oxygen atoms in total. The summed E-state index contributed by atoms with van der Waals surface area (Å²) in [5, 5.41) is 9.82. The van der Waals surface area contributed by atoms with Crippen molar-refractivity contribution in [3.05, 3.63) is 81.5 Å². The number of hydrogen-bond donors (Lipinski definition) is 3. The number of rotatable bonds is 12. The molecule has 7 rings (SSSR count). The van der Waals surface area contributed by atoms with Crippen molar-refractivity contribution in [1.82, 2.24) is 30.9 Å². The van der Waals surface area contributed by atoms with Gasteiger partial charge in [-0.1, -0.05) is 29.8 Å². The number of fused-ring (bicyclic) bond motifs is 1. The number of nitrogens with zero attached hydrogens (tertiary/aromatic N) is 3. The summed E-state index contributed by atoms with van der Waals surface area (Å²) in [6.45, 7) is 2.03. The van der Waals surface area contributed by atoms with Crippen molar-refractivity contribution in [2.24, 2.45) is 0 Å². The van der Waals surface area contributed by atoms with Gasteiger partial charge in [0.25, 0.3) is 0 Å². The summed E-state index contributed by atoms with van der Waals surface area (Å²) in [5.41, 5.74) is 4.49. The molecule has 0 unspecified atom stereocenters. The number of aromatic nitrogens is 3. The number of hydrogen-bond acceptors (Lipinski definition) is 10. The van der Waals surface area contributed by atoms with Crippen molar-refractivity contribution < 1.29 is 36.9 Å². The van der Waals surface area contributed by atoms with Crippen LogP contribution in [0, 0.1) is 0 Å². The molecule has 2 atom stereocenters. The number of carbonyl (C=O) groups excluding carboxylic acids is 1. The number of carbonyl (C=O) groups is 1. The lowest BCUT2D eigenvalue weighted by Crippen LogP contribution is -2.38. The number of halogens is 4. The highest BCUT2D eigenvalue weighted by Crippen LogP contribution is 2.44. The molecule has 1 amide bonds. The number of benzene rings is 1. The molecule has 0 spiro atoms. The van der Waals surface area contributed by atoms with E-state index in [2.05, 4.69) is 25.9 Å². The van der Waals surface area contributed by atoms with Crippen molar-refractivity contribution in [2.75, 3.05) is 27.4 Å². The molecule has 3 aliphatic rings. The van der Waals surface area contributed by atoms with Gasteiger partial charge in [-0.05, 0) is 67.5 Å². The van der Waals surface area contributed by atoms with Crippen LogP contribution in [0.25, 0.3) is 22.5 Å². The van der Waals surface area contributed by atoms with Gasteiger partial charge >= 0.3 is 6.18 Å². The van der Waals surface area contributed by atoms with Gasteiger partial charge in [0.05, 0.1) is 36.8 Å². The van der Waals surface area contributed by atoms with E-state index in [1.165, 1.54) is 7.11 Å². The fourth-order valence-electron chi connectivity index (χ4n) is 7.13. The Balaban J connectivity index is 1.13. The first kappa shape index (κ1) is 36.8. The third kappa shape index (κ3) is 8.20. The lowest BCUT2D eigenvalue weighted by atomic mass is 9.98. The molecule has 1 aliphatic carbocycles. The third-order valence-corrected chi connectivity index (χ3v) is 10.1. The van der Waals surface area contributed by atoms with Gasteiger partial charge in [-0.2, -0.15) is 18.2 Å². The number of ether oxygens (including phenoxy) is 4. The van der Waals surface area contributed by atoms with Crippen LogP contribution in [0.4, 0.5) is 13.2 Å². The number of pyridine rings is 3. The van der Waals surface area contributed by atoms with E-state index in [4.69, 9.17) is 35.5 Å². The topological polar surface area (TPSA) is 129 Å². The zero-order chi connectivity index (χ0) is 37.1. The number of amides is 1. The molecule has 2 saturated heterocycles. The Morgan fingerprint density at radius 3 is 2.42 bits per heavy atom. The predicted molar refractivity (Wildman–Crippen MR) is 191 cm³/mol. The van der Waals surface area contributed by atoms with Crippen LogP contribution < -0.4 is 30.2 Å². The summed E-state index contributed by atoms with van der Waals surface area (Å²) in [6.07, 6.45) is -0.342. The molecule has 0 radical (unpaired) electrons. The maximum atomic E-state index is 14.4. The summed E-state index contributed by atoms with van der Waals surface area (Å²) in [7, 11) is 2.92. The first-order chi connectivity index (χ1) is 25.6. The molecule has 4 aromatic rings. The van der Waals surface area contributed by atoms with E-state index >= 15 is 0 Å². The van der Waals surface area contributed by atoms with E-state index in [0.29, 0.717) is 60.6 Å². The van der Waals surface area contributed by atoms with Crippen LogP contribution >= 0.6 is 11.6 Å². The van der Waals surface area contributed by atoms with E-state index in [0.717, 1.165) is 59.9 Å². The number of methoxy groups -OCH3 is 2. The molecule has 3 aromatic heterocycles. The molecule has 0 saturated carbocycles. The zero-order valence-corrected chi connectivity index (χ0v) is 30.1. The summed E-state index contributed by atoms with van der Waals surface area (Å²) in [4.78, 5) is 25.2. The van der Waals surface area contributed by atoms with Crippen LogP contribution in [0.2, 0.25) is 5.02 Å². The summed E-state index contributed by atoms with van der Waals surface area (Å²) < 4.78 is 65.9. The van der Waals surface area contributed by atoms with E-state index in [1.807, 2.05) is 36.4 Å². The van der Waals surface area contributed by atoms with Crippen molar-refractivity contribution in [2.45, 2.75) is 76.1 Å². The minimum absolute atomic E-state index is 0.00493. The van der Waals surface area contributed by atoms with Crippen molar-refractivity contribution in [3.63, 3.8) is 0 Å². The van der Waals surface area contributed by atoms with Gasteiger partial charge in [0.2, 0.25) is 23.5 Å². The van der Waals surface area contributed by atoms with Gasteiger partial charge in [0.1, 0.15) is 11.7 Å². The summed E-state index contributed by atoms with van der Waals surface area (Å²) in [5.74, 6) is -0.197. The van der Waals surface area contributed by atoms with Gasteiger partial charge in [-0.15, -0.1) is 0 Å². The van der Waals surface area contributed by atoms with E-state index in [9.17, 15) is 18.0 Å². The van der Waals surface area contributed by atoms with Gasteiger partial charge in [0, 0.05) is 67.2 Å². The molecule has 3 N–H and O–H groups in total.